The van der Waals surface area contributed by atoms with Crippen LogP contribution in [-0.4, -0.2) is 23.1 Å². The first-order valence-corrected chi connectivity index (χ1v) is 4.76. The molecule has 0 spiro atoms. The number of rotatable bonds is 5. The zero-order chi connectivity index (χ0) is 13.0. The molecule has 3 N–H and O–H groups in total. The van der Waals surface area contributed by atoms with Gasteiger partial charge in [-0.15, -0.1) is 0 Å². The van der Waals surface area contributed by atoms with E-state index in [4.69, 9.17) is 15.6 Å². The summed E-state index contributed by atoms with van der Waals surface area (Å²) in [6, 6.07) is 3.44. The van der Waals surface area contributed by atoms with Gasteiger partial charge < -0.3 is 15.6 Å². The quantitative estimate of drug-likeness (QED) is 0.587. The maximum Gasteiger partial charge on any atom is 0.315 e. The van der Waals surface area contributed by atoms with E-state index >= 15 is 0 Å². The van der Waals surface area contributed by atoms with Gasteiger partial charge in [0.15, 0.2) is 5.75 Å². The number of hydrogen-bond acceptors (Lipinski definition) is 5. The minimum Gasteiger partial charge on any atom is -0.490 e. The third kappa shape index (κ3) is 2.91. The Morgan fingerprint density at radius 1 is 1.65 bits per heavy atom. The first kappa shape index (κ1) is 12.9. The van der Waals surface area contributed by atoms with E-state index in [1.807, 2.05) is 0 Å². The van der Waals surface area contributed by atoms with Gasteiger partial charge in [-0.3, -0.25) is 14.9 Å². The summed E-state index contributed by atoms with van der Waals surface area (Å²) in [6.45, 7) is 0. The highest BCUT2D eigenvalue weighted by Crippen LogP contribution is 2.34. The topological polar surface area (TPSA) is 116 Å². The largest absolute Gasteiger partial charge is 0.490 e. The highest BCUT2D eigenvalue weighted by Gasteiger charge is 2.25. The van der Waals surface area contributed by atoms with Crippen molar-refractivity contribution >= 4 is 11.7 Å². The molecule has 0 heterocycles. The number of methoxy groups -OCH3 is 1. The smallest absolute Gasteiger partial charge is 0.315 e. The Bertz CT molecular complexity index is 446. The second kappa shape index (κ2) is 5.26. The lowest BCUT2D eigenvalue weighted by molar-refractivity contribution is -0.386. The molecule has 92 valence electrons. The fourth-order valence-electron chi connectivity index (χ4n) is 1.50. The average molecular weight is 240 g/mol. The van der Waals surface area contributed by atoms with Gasteiger partial charge in [-0.05, 0) is 6.07 Å². The fraction of sp³-hybridized carbons (Fsp3) is 0.300. The highest BCUT2D eigenvalue weighted by atomic mass is 16.6. The number of hydrogen-bond donors (Lipinski definition) is 2. The molecule has 0 aliphatic rings. The molecule has 0 bridgehead atoms. The third-order valence-corrected chi connectivity index (χ3v) is 2.23. The number of nitrogens with two attached hydrogens (primary N) is 1. The molecule has 7 heteroatoms. The SMILES string of the molecule is COc1cccc(C(N)CC(=O)O)c1[N+](=O)[O-]. The van der Waals surface area contributed by atoms with Gasteiger partial charge in [0.25, 0.3) is 0 Å². The van der Waals surface area contributed by atoms with Crippen LogP contribution in [-0.2, 0) is 4.79 Å². The molecule has 0 aliphatic heterocycles. The fourth-order valence-corrected chi connectivity index (χ4v) is 1.50. The summed E-state index contributed by atoms with van der Waals surface area (Å²) in [5.41, 5.74) is 5.48. The van der Waals surface area contributed by atoms with E-state index in [-0.39, 0.29) is 23.4 Å². The summed E-state index contributed by atoms with van der Waals surface area (Å²) >= 11 is 0. The molecule has 7 nitrogen and oxygen atoms in total. The van der Waals surface area contributed by atoms with Crippen LogP contribution in [0.1, 0.15) is 18.0 Å². The van der Waals surface area contributed by atoms with Gasteiger partial charge in [-0.25, -0.2) is 0 Å². The number of nitro benzene ring substituents is 1. The summed E-state index contributed by atoms with van der Waals surface area (Å²) in [6.07, 6.45) is -0.381. The molecule has 0 amide bonds. The van der Waals surface area contributed by atoms with E-state index in [2.05, 4.69) is 0 Å². The molecule has 1 aromatic carbocycles. The van der Waals surface area contributed by atoms with Crippen molar-refractivity contribution < 1.29 is 19.6 Å². The minimum atomic E-state index is -1.12. The first-order chi connectivity index (χ1) is 7.97. The highest BCUT2D eigenvalue weighted by molar-refractivity contribution is 5.68. The normalized spacial score (nSPS) is 11.9. The van der Waals surface area contributed by atoms with Gasteiger partial charge in [0.2, 0.25) is 0 Å². The second-order valence-corrected chi connectivity index (χ2v) is 3.36. The molecule has 1 unspecified atom stereocenters. The number of ether oxygens (including phenoxy) is 1. The molecular formula is C10H12N2O5. The van der Waals surface area contributed by atoms with Gasteiger partial charge in [0.1, 0.15) is 0 Å². The van der Waals surface area contributed by atoms with Crippen molar-refractivity contribution in [3.63, 3.8) is 0 Å². The zero-order valence-electron chi connectivity index (χ0n) is 9.12. The second-order valence-electron chi connectivity index (χ2n) is 3.36. The van der Waals surface area contributed by atoms with Crippen molar-refractivity contribution in [3.8, 4) is 5.75 Å². The van der Waals surface area contributed by atoms with E-state index in [0.717, 1.165) is 0 Å². The molecule has 0 radical (unpaired) electrons. The van der Waals surface area contributed by atoms with Gasteiger partial charge in [-0.2, -0.15) is 0 Å². The van der Waals surface area contributed by atoms with Crippen LogP contribution in [0.5, 0.6) is 5.75 Å². The molecule has 0 aliphatic carbocycles. The Labute approximate surface area is 97.0 Å². The Morgan fingerprint density at radius 2 is 2.29 bits per heavy atom. The number of nitrogens with zero attached hydrogens (tertiary/aromatic N) is 1. The van der Waals surface area contributed by atoms with Crippen molar-refractivity contribution in [1.82, 2.24) is 0 Å². The Kier molecular flexibility index (Phi) is 4.00. The lowest BCUT2D eigenvalue weighted by Crippen LogP contribution is -2.16. The van der Waals surface area contributed by atoms with Crippen molar-refractivity contribution in [3.05, 3.63) is 33.9 Å². The average Bonchev–Trinajstić information content (AvgIpc) is 2.26. The molecular weight excluding hydrogens is 228 g/mol. The molecule has 1 aromatic rings. The summed E-state index contributed by atoms with van der Waals surface area (Å²) in [4.78, 5) is 20.8. The van der Waals surface area contributed by atoms with Crippen LogP contribution < -0.4 is 10.5 Å². The van der Waals surface area contributed by atoms with Crippen LogP contribution in [0.2, 0.25) is 0 Å². The number of carboxylic acids is 1. The lowest BCUT2D eigenvalue weighted by Gasteiger charge is -2.11. The standard InChI is InChI=1S/C10H12N2O5/c1-17-8-4-2-3-6(10(8)12(15)16)7(11)5-9(13)14/h2-4,7H,5,11H2,1H3,(H,13,14). The number of nitro groups is 1. The van der Waals surface area contributed by atoms with Gasteiger partial charge >= 0.3 is 11.7 Å². The predicted molar refractivity (Wildman–Crippen MR) is 58.8 cm³/mol. The van der Waals surface area contributed by atoms with Crippen LogP contribution in [0.4, 0.5) is 5.69 Å². The lowest BCUT2D eigenvalue weighted by atomic mass is 10.0. The van der Waals surface area contributed by atoms with Crippen LogP contribution >= 0.6 is 0 Å². The molecule has 0 saturated heterocycles. The van der Waals surface area contributed by atoms with E-state index in [1.165, 1.54) is 25.3 Å². The Hall–Kier alpha value is -2.15. The predicted octanol–water partition coefficient (Wildman–Crippen LogP) is 1.08. The van der Waals surface area contributed by atoms with Crippen LogP contribution in [0.25, 0.3) is 0 Å². The molecule has 1 rings (SSSR count). The van der Waals surface area contributed by atoms with Crippen LogP contribution in [0, 0.1) is 10.1 Å². The summed E-state index contributed by atoms with van der Waals surface area (Å²) in [7, 11) is 1.30. The molecule has 0 aromatic heterocycles. The number of aliphatic carboxylic acids is 1. The van der Waals surface area contributed by atoms with Gasteiger partial charge in [0.05, 0.1) is 24.0 Å². The summed E-state index contributed by atoms with van der Waals surface area (Å²) < 4.78 is 4.86. The minimum absolute atomic E-state index is 0.0633. The van der Waals surface area contributed by atoms with Crippen molar-refractivity contribution in [1.29, 1.82) is 0 Å². The monoisotopic (exact) mass is 240 g/mol. The van der Waals surface area contributed by atoms with Crippen molar-refractivity contribution in [2.75, 3.05) is 7.11 Å². The van der Waals surface area contributed by atoms with Gasteiger partial charge in [-0.1, -0.05) is 12.1 Å². The van der Waals surface area contributed by atoms with Gasteiger partial charge in [0, 0.05) is 6.04 Å². The summed E-state index contributed by atoms with van der Waals surface area (Å²) in [5.74, 6) is -1.05. The Balaban J connectivity index is 3.22. The number of carboxylic acid groups (broad SMARTS) is 1. The van der Waals surface area contributed by atoms with Crippen molar-refractivity contribution in [2.45, 2.75) is 12.5 Å². The van der Waals surface area contributed by atoms with E-state index < -0.39 is 16.9 Å². The Morgan fingerprint density at radius 3 is 2.76 bits per heavy atom. The molecule has 0 saturated carbocycles. The maximum atomic E-state index is 10.9. The van der Waals surface area contributed by atoms with Crippen molar-refractivity contribution in [2.24, 2.45) is 5.73 Å². The third-order valence-electron chi connectivity index (χ3n) is 2.23. The number of para-hydroxylation sites is 1. The summed E-state index contributed by atoms with van der Waals surface area (Å²) in [5, 5.41) is 19.5. The molecule has 0 fully saturated rings. The number of carbonyl (C=O) groups is 1. The molecule has 1 atom stereocenters. The first-order valence-electron chi connectivity index (χ1n) is 4.76. The van der Waals surface area contributed by atoms with E-state index in [9.17, 15) is 14.9 Å². The maximum absolute atomic E-state index is 10.9. The zero-order valence-corrected chi connectivity index (χ0v) is 9.12. The van der Waals surface area contributed by atoms with Crippen LogP contribution in [0.15, 0.2) is 18.2 Å². The van der Waals surface area contributed by atoms with Crippen LogP contribution in [0.3, 0.4) is 0 Å². The van der Waals surface area contributed by atoms with E-state index in [0.29, 0.717) is 0 Å². The number of benzene rings is 1. The van der Waals surface area contributed by atoms with E-state index in [1.54, 1.807) is 0 Å². The molecule has 17 heavy (non-hydrogen) atoms.